The summed E-state index contributed by atoms with van der Waals surface area (Å²) in [5, 5.41) is 16.5. The maximum absolute atomic E-state index is 8.26. The Morgan fingerprint density at radius 3 is 1.26 bits per heavy atom. The fourth-order valence-electron chi connectivity index (χ4n) is 0.926. The van der Waals surface area contributed by atoms with Gasteiger partial charge in [0.1, 0.15) is 0 Å². The van der Waals surface area contributed by atoms with E-state index in [-0.39, 0.29) is 45.9 Å². The van der Waals surface area contributed by atoms with Crippen LogP contribution in [0, 0.1) is 34.8 Å². The van der Waals surface area contributed by atoms with E-state index in [1.54, 1.807) is 24.3 Å². The van der Waals surface area contributed by atoms with Gasteiger partial charge in [0, 0.05) is 0 Å². The van der Waals surface area contributed by atoms with Gasteiger partial charge >= 0.3 is 21.1 Å². The fourth-order valence-corrected chi connectivity index (χ4v) is 0.926. The first-order valence-corrected chi connectivity index (χ1v) is 4.60. The normalized spacial score (nSPS) is 6.63. The number of nitrogens with zero attached hydrogens (tertiary/aromatic N) is 2. The summed E-state index contributed by atoms with van der Waals surface area (Å²) in [7, 11) is 0. The molecule has 0 aliphatic heterocycles. The third kappa shape index (κ3) is 10.3. The van der Waals surface area contributed by atoms with E-state index in [0.29, 0.717) is 11.1 Å². The summed E-state index contributed by atoms with van der Waals surface area (Å²) in [5.41, 5.74) is 1.18. The summed E-state index contributed by atoms with van der Waals surface area (Å²) in [5.74, 6) is 0. The molecule has 2 nitrogen and oxygen atoms in total. The summed E-state index contributed by atoms with van der Waals surface area (Å²) in [6.45, 7) is 0. The van der Waals surface area contributed by atoms with E-state index in [4.69, 9.17) is 10.5 Å². The van der Waals surface area contributed by atoms with Crippen molar-refractivity contribution < 1.29 is 21.1 Å². The number of rotatable bonds is 0. The van der Waals surface area contributed by atoms with Crippen molar-refractivity contribution in [2.24, 2.45) is 0 Å². The van der Waals surface area contributed by atoms with Crippen LogP contribution in [0.25, 0.3) is 0 Å². The van der Waals surface area contributed by atoms with Crippen molar-refractivity contribution >= 4 is 24.8 Å². The molecule has 2 rings (SSSR count). The summed E-state index contributed by atoms with van der Waals surface area (Å²) < 4.78 is 0. The Morgan fingerprint density at radius 1 is 0.737 bits per heavy atom. The molecule has 2 aromatic carbocycles. The van der Waals surface area contributed by atoms with Gasteiger partial charge in [0.2, 0.25) is 0 Å². The van der Waals surface area contributed by atoms with E-state index in [2.05, 4.69) is 12.1 Å². The minimum absolute atomic E-state index is 0. The summed E-state index contributed by atoms with van der Waals surface area (Å²) in [6.07, 6.45) is 0. The topological polar surface area (TPSA) is 47.6 Å². The predicted octanol–water partition coefficient (Wildman–Crippen LogP) is 3.56. The first-order chi connectivity index (χ1) is 7.86. The smallest absolute Gasteiger partial charge is 0.262 e. The standard InChI is InChI=1S/2C7H4N.2ClH.Pt/c2*8-6-7-4-2-1-3-5-7;;;/h2*1-4H;2*1H;/q2*-1;;;+2. The summed E-state index contributed by atoms with van der Waals surface area (Å²) in [6, 6.07) is 23.6. The number of nitriles is 2. The Labute approximate surface area is 140 Å². The first-order valence-electron chi connectivity index (χ1n) is 4.60. The molecule has 0 unspecified atom stereocenters. The minimum atomic E-state index is 0. The molecule has 0 N–H and O–H groups in total. The molecule has 0 fully saturated rings. The first kappa shape index (κ1) is 22.8. The van der Waals surface area contributed by atoms with Crippen LogP contribution >= 0.6 is 24.8 Å². The van der Waals surface area contributed by atoms with E-state index >= 15 is 0 Å². The number of hydrogen-bond donors (Lipinski definition) is 0. The van der Waals surface area contributed by atoms with Gasteiger partial charge in [-0.1, -0.05) is 11.1 Å². The minimum Gasteiger partial charge on any atom is -0.262 e. The molecule has 2 aromatic rings. The van der Waals surface area contributed by atoms with Crippen LogP contribution in [0.4, 0.5) is 0 Å². The zero-order valence-corrected chi connectivity index (χ0v) is 13.6. The van der Waals surface area contributed by atoms with Crippen molar-refractivity contribution in [1.82, 2.24) is 0 Å². The Kier molecular flexibility index (Phi) is 17.7. The Balaban J connectivity index is -0.000000233. The molecular weight excluding hydrogens is 462 g/mol. The fraction of sp³-hybridized carbons (Fsp3) is 0. The third-order valence-electron chi connectivity index (χ3n) is 1.66. The van der Waals surface area contributed by atoms with Gasteiger partial charge in [0.05, 0.1) is 0 Å². The van der Waals surface area contributed by atoms with Crippen molar-refractivity contribution in [3.8, 4) is 12.1 Å². The van der Waals surface area contributed by atoms with Gasteiger partial charge in [-0.3, -0.25) is 10.5 Å². The maximum atomic E-state index is 8.26. The van der Waals surface area contributed by atoms with Gasteiger partial charge in [-0.25, -0.2) is 0 Å². The quantitative estimate of drug-likeness (QED) is 0.551. The molecule has 0 radical (unpaired) electrons. The number of benzene rings is 2. The molecule has 0 bridgehead atoms. The summed E-state index contributed by atoms with van der Waals surface area (Å²) in [4.78, 5) is 0. The van der Waals surface area contributed by atoms with Gasteiger partial charge in [-0.05, 0) is 12.1 Å². The molecule has 0 aliphatic rings. The maximum Gasteiger partial charge on any atom is 2.00 e. The van der Waals surface area contributed by atoms with E-state index in [0.717, 1.165) is 0 Å². The second-order valence-corrected chi connectivity index (χ2v) is 2.78. The van der Waals surface area contributed by atoms with Crippen molar-refractivity contribution in [1.29, 1.82) is 10.5 Å². The van der Waals surface area contributed by atoms with E-state index in [1.165, 1.54) is 0 Å². The van der Waals surface area contributed by atoms with Crippen LogP contribution < -0.4 is 0 Å². The van der Waals surface area contributed by atoms with Crippen LogP contribution in [-0.2, 0) is 21.1 Å². The van der Waals surface area contributed by atoms with Gasteiger partial charge in [0.15, 0.2) is 0 Å². The van der Waals surface area contributed by atoms with Crippen molar-refractivity contribution in [2.45, 2.75) is 0 Å². The molecule has 19 heavy (non-hydrogen) atoms. The molecule has 100 valence electrons. The van der Waals surface area contributed by atoms with Crippen molar-refractivity contribution in [2.75, 3.05) is 0 Å². The number of hydrogen-bond acceptors (Lipinski definition) is 2. The molecule has 5 heteroatoms. The zero-order chi connectivity index (χ0) is 11.6. The van der Waals surface area contributed by atoms with Gasteiger partial charge < -0.3 is 0 Å². The van der Waals surface area contributed by atoms with Gasteiger partial charge in [-0.15, -0.1) is 85.5 Å². The van der Waals surface area contributed by atoms with Gasteiger partial charge in [-0.2, -0.15) is 0 Å². The molecule has 0 amide bonds. The van der Waals surface area contributed by atoms with E-state index < -0.39 is 0 Å². The Morgan fingerprint density at radius 2 is 1.11 bits per heavy atom. The van der Waals surface area contributed by atoms with Crippen LogP contribution in [0.5, 0.6) is 0 Å². The summed E-state index contributed by atoms with van der Waals surface area (Å²) >= 11 is 0. The van der Waals surface area contributed by atoms with Crippen LogP contribution in [0.2, 0.25) is 0 Å². The van der Waals surface area contributed by atoms with Gasteiger partial charge in [0.25, 0.3) is 0 Å². The second kappa shape index (κ2) is 14.7. The third-order valence-corrected chi connectivity index (χ3v) is 1.66. The molecule has 0 aliphatic carbocycles. The van der Waals surface area contributed by atoms with Crippen molar-refractivity contribution in [3.63, 3.8) is 0 Å². The SMILES string of the molecule is Cl.Cl.N#Cc1[c-]cccc1.N#Cc1[c-]cccc1.[Pt+2]. The average Bonchev–Trinajstić information content (AvgIpc) is 2.41. The predicted molar refractivity (Wildman–Crippen MR) is 74.5 cm³/mol. The molecule has 0 saturated carbocycles. The molecule has 0 saturated heterocycles. The average molecular weight is 472 g/mol. The van der Waals surface area contributed by atoms with Crippen molar-refractivity contribution in [3.05, 3.63) is 71.8 Å². The molecular formula is C14H10Cl2N2Pt. The Bertz CT molecular complexity index is 455. The molecule has 0 atom stereocenters. The van der Waals surface area contributed by atoms with E-state index in [9.17, 15) is 0 Å². The zero-order valence-electron chi connectivity index (χ0n) is 9.65. The van der Waals surface area contributed by atoms with Crippen LogP contribution in [0.15, 0.2) is 48.5 Å². The van der Waals surface area contributed by atoms with Crippen LogP contribution in [-0.4, -0.2) is 0 Å². The monoisotopic (exact) mass is 471 g/mol. The van der Waals surface area contributed by atoms with E-state index in [1.807, 2.05) is 36.4 Å². The van der Waals surface area contributed by atoms with Crippen LogP contribution in [0.3, 0.4) is 0 Å². The Hall–Kier alpha value is -1.31. The molecule has 0 heterocycles. The van der Waals surface area contributed by atoms with Crippen LogP contribution in [0.1, 0.15) is 11.1 Å². The second-order valence-electron chi connectivity index (χ2n) is 2.78. The largest absolute Gasteiger partial charge is 2.00 e. The molecule has 0 spiro atoms. The number of halogens is 2. The molecule has 0 aromatic heterocycles.